The number of benzene rings is 1. The van der Waals surface area contributed by atoms with Crippen LogP contribution >= 0.6 is 31.9 Å². The molecule has 1 fully saturated rings. The third-order valence-electron chi connectivity index (χ3n) is 3.67. The Kier molecular flexibility index (Phi) is 4.93. The predicted molar refractivity (Wildman–Crippen MR) is 90.4 cm³/mol. The van der Waals surface area contributed by atoms with Gasteiger partial charge in [0.1, 0.15) is 6.10 Å². The van der Waals surface area contributed by atoms with Crippen molar-refractivity contribution in [3.05, 3.63) is 57.1 Å². The number of aromatic nitrogens is 1. The molecule has 21 heavy (non-hydrogen) atoms. The first-order valence-electron chi connectivity index (χ1n) is 6.97. The quantitative estimate of drug-likeness (QED) is 0.812. The number of rotatable bonds is 4. The van der Waals surface area contributed by atoms with Crippen LogP contribution in [0.25, 0.3) is 0 Å². The lowest BCUT2D eigenvalue weighted by Gasteiger charge is -2.24. The Morgan fingerprint density at radius 1 is 1.24 bits per heavy atom. The van der Waals surface area contributed by atoms with Crippen LogP contribution in [0, 0.1) is 5.92 Å². The van der Waals surface area contributed by atoms with E-state index in [0.29, 0.717) is 11.8 Å². The summed E-state index contributed by atoms with van der Waals surface area (Å²) in [5.41, 5.74) is 1.20. The maximum Gasteiger partial charge on any atom is 0.228 e. The van der Waals surface area contributed by atoms with E-state index < -0.39 is 0 Å². The standard InChI is InChI=1S/C16H16Br2N2O/c17-13-8-14(18)16(20-10-13)21-15(12-6-7-19-9-12)11-4-2-1-3-5-11/h1-5,8,10,12,15,19H,6-7,9H2/t12-,15-/m1/s1. The normalized spacial score (nSPS) is 19.4. The fourth-order valence-electron chi connectivity index (χ4n) is 2.62. The fraction of sp³-hybridized carbons (Fsp3) is 0.312. The van der Waals surface area contributed by atoms with E-state index in [4.69, 9.17) is 4.74 Å². The summed E-state index contributed by atoms with van der Waals surface area (Å²) in [4.78, 5) is 4.38. The van der Waals surface area contributed by atoms with Crippen LogP contribution in [0.4, 0.5) is 0 Å². The van der Waals surface area contributed by atoms with E-state index in [-0.39, 0.29) is 6.10 Å². The van der Waals surface area contributed by atoms with Crippen molar-refractivity contribution < 1.29 is 4.74 Å². The third kappa shape index (κ3) is 3.65. The Morgan fingerprint density at radius 2 is 2.05 bits per heavy atom. The first-order valence-corrected chi connectivity index (χ1v) is 8.56. The molecule has 0 saturated carbocycles. The van der Waals surface area contributed by atoms with Crippen LogP contribution in [0.5, 0.6) is 5.88 Å². The summed E-state index contributed by atoms with van der Waals surface area (Å²) in [6, 6.07) is 12.3. The zero-order valence-corrected chi connectivity index (χ0v) is 14.6. The zero-order valence-electron chi connectivity index (χ0n) is 11.4. The lowest BCUT2D eigenvalue weighted by Crippen LogP contribution is -2.21. The Hall–Kier alpha value is -0.910. The highest BCUT2D eigenvalue weighted by Crippen LogP contribution is 2.34. The number of nitrogens with one attached hydrogen (secondary N) is 1. The molecule has 2 heterocycles. The molecule has 0 spiro atoms. The van der Waals surface area contributed by atoms with Gasteiger partial charge in [-0.3, -0.25) is 0 Å². The molecule has 0 bridgehead atoms. The minimum Gasteiger partial charge on any atom is -0.468 e. The molecule has 0 amide bonds. The van der Waals surface area contributed by atoms with Crippen LogP contribution in [-0.2, 0) is 0 Å². The highest BCUT2D eigenvalue weighted by Gasteiger charge is 2.28. The number of nitrogens with zero attached hydrogens (tertiary/aromatic N) is 1. The Balaban J connectivity index is 1.88. The van der Waals surface area contributed by atoms with Crippen LogP contribution in [0.1, 0.15) is 18.1 Å². The second-order valence-corrected chi connectivity index (χ2v) is 6.91. The lowest BCUT2D eigenvalue weighted by atomic mass is 9.95. The van der Waals surface area contributed by atoms with Gasteiger partial charge in [0.05, 0.1) is 4.47 Å². The zero-order chi connectivity index (χ0) is 14.7. The molecule has 1 aromatic carbocycles. The summed E-state index contributed by atoms with van der Waals surface area (Å²) in [6.45, 7) is 2.03. The van der Waals surface area contributed by atoms with Crippen molar-refractivity contribution in [3.63, 3.8) is 0 Å². The highest BCUT2D eigenvalue weighted by molar-refractivity contribution is 9.11. The Morgan fingerprint density at radius 3 is 2.71 bits per heavy atom. The van der Waals surface area contributed by atoms with Gasteiger partial charge in [0, 0.05) is 23.1 Å². The van der Waals surface area contributed by atoms with Gasteiger partial charge in [-0.25, -0.2) is 4.98 Å². The van der Waals surface area contributed by atoms with E-state index in [2.05, 4.69) is 66.4 Å². The molecule has 3 rings (SSSR count). The van der Waals surface area contributed by atoms with Crippen LogP contribution < -0.4 is 10.1 Å². The first-order chi connectivity index (χ1) is 10.2. The molecular weight excluding hydrogens is 396 g/mol. The van der Waals surface area contributed by atoms with E-state index in [0.717, 1.165) is 28.5 Å². The lowest BCUT2D eigenvalue weighted by molar-refractivity contribution is 0.137. The Bertz CT molecular complexity index is 600. The molecule has 1 saturated heterocycles. The van der Waals surface area contributed by atoms with Crippen molar-refractivity contribution in [2.24, 2.45) is 5.92 Å². The van der Waals surface area contributed by atoms with Gasteiger partial charge in [0.25, 0.3) is 0 Å². The predicted octanol–water partition coefficient (Wildman–Crippen LogP) is 4.34. The largest absolute Gasteiger partial charge is 0.468 e. The van der Waals surface area contributed by atoms with Crippen molar-refractivity contribution in [3.8, 4) is 5.88 Å². The van der Waals surface area contributed by atoms with Crippen LogP contribution in [0.3, 0.4) is 0 Å². The van der Waals surface area contributed by atoms with Crippen LogP contribution in [0.15, 0.2) is 51.5 Å². The van der Waals surface area contributed by atoms with Gasteiger partial charge in [-0.05, 0) is 56.5 Å². The Labute approximate surface area is 141 Å². The van der Waals surface area contributed by atoms with E-state index in [1.54, 1.807) is 6.20 Å². The van der Waals surface area contributed by atoms with Gasteiger partial charge in [0.15, 0.2) is 0 Å². The third-order valence-corrected chi connectivity index (χ3v) is 4.67. The smallest absolute Gasteiger partial charge is 0.228 e. The van der Waals surface area contributed by atoms with Crippen LogP contribution in [-0.4, -0.2) is 18.1 Å². The van der Waals surface area contributed by atoms with Gasteiger partial charge in [-0.2, -0.15) is 0 Å². The molecule has 0 unspecified atom stereocenters. The summed E-state index contributed by atoms with van der Waals surface area (Å²) in [5, 5.41) is 3.41. The first kappa shape index (κ1) is 15.0. The molecule has 0 aliphatic carbocycles. The summed E-state index contributed by atoms with van der Waals surface area (Å²) < 4.78 is 8.05. The minimum absolute atomic E-state index is 0.0196. The molecule has 1 N–H and O–H groups in total. The molecule has 1 aliphatic heterocycles. The van der Waals surface area contributed by atoms with Crippen molar-refractivity contribution in [2.45, 2.75) is 12.5 Å². The molecule has 1 aliphatic rings. The van der Waals surface area contributed by atoms with E-state index in [9.17, 15) is 0 Å². The molecule has 2 aromatic rings. The average Bonchev–Trinajstić information content (AvgIpc) is 3.01. The highest BCUT2D eigenvalue weighted by atomic mass is 79.9. The van der Waals surface area contributed by atoms with Gasteiger partial charge in [0.2, 0.25) is 5.88 Å². The monoisotopic (exact) mass is 410 g/mol. The summed E-state index contributed by atoms with van der Waals surface area (Å²) >= 11 is 6.94. The maximum atomic E-state index is 6.25. The average molecular weight is 412 g/mol. The fourth-order valence-corrected chi connectivity index (χ4v) is 3.70. The van der Waals surface area contributed by atoms with Crippen molar-refractivity contribution in [2.75, 3.05) is 13.1 Å². The number of halogens is 2. The van der Waals surface area contributed by atoms with Crippen molar-refractivity contribution in [1.29, 1.82) is 0 Å². The number of hydrogen-bond acceptors (Lipinski definition) is 3. The van der Waals surface area contributed by atoms with E-state index >= 15 is 0 Å². The maximum absolute atomic E-state index is 6.25. The molecule has 5 heteroatoms. The molecule has 2 atom stereocenters. The summed E-state index contributed by atoms with van der Waals surface area (Å²) in [5.74, 6) is 1.10. The molecule has 0 radical (unpaired) electrons. The van der Waals surface area contributed by atoms with E-state index in [1.807, 2.05) is 12.1 Å². The molecule has 3 nitrogen and oxygen atoms in total. The number of ether oxygens (including phenoxy) is 1. The number of pyridine rings is 1. The van der Waals surface area contributed by atoms with Crippen LogP contribution in [0.2, 0.25) is 0 Å². The van der Waals surface area contributed by atoms with Crippen molar-refractivity contribution >= 4 is 31.9 Å². The van der Waals surface area contributed by atoms with Gasteiger partial charge >= 0.3 is 0 Å². The molecular formula is C16H16Br2N2O. The SMILES string of the molecule is Brc1cnc(O[C@H](c2ccccc2)[C@@H]2CCNC2)c(Br)c1. The molecule has 110 valence electrons. The van der Waals surface area contributed by atoms with Gasteiger partial charge in [-0.1, -0.05) is 30.3 Å². The summed E-state index contributed by atoms with van der Waals surface area (Å²) in [6.07, 6.45) is 2.90. The minimum atomic E-state index is 0.0196. The van der Waals surface area contributed by atoms with Crippen molar-refractivity contribution in [1.82, 2.24) is 10.3 Å². The van der Waals surface area contributed by atoms with Gasteiger partial charge < -0.3 is 10.1 Å². The second kappa shape index (κ2) is 6.90. The second-order valence-electron chi connectivity index (χ2n) is 5.14. The molecule has 1 aromatic heterocycles. The van der Waals surface area contributed by atoms with Gasteiger partial charge in [-0.15, -0.1) is 0 Å². The summed E-state index contributed by atoms with van der Waals surface area (Å²) in [7, 11) is 0. The number of hydrogen-bond donors (Lipinski definition) is 1. The van der Waals surface area contributed by atoms with E-state index in [1.165, 1.54) is 5.56 Å². The topological polar surface area (TPSA) is 34.1 Å².